The molecule has 0 N–H and O–H groups in total. The predicted octanol–water partition coefficient (Wildman–Crippen LogP) is 3.74. The van der Waals surface area contributed by atoms with Gasteiger partial charge >= 0.3 is 0 Å². The summed E-state index contributed by atoms with van der Waals surface area (Å²) in [6.07, 6.45) is 2.98. The number of nitrogens with zero attached hydrogens (tertiary/aromatic N) is 1. The SMILES string of the molecule is CC(C)Cc1ccnc(-c2[c-]cccc2)c1.[Ir]. The van der Waals surface area contributed by atoms with Gasteiger partial charge in [0, 0.05) is 26.3 Å². The maximum absolute atomic E-state index is 4.39. The van der Waals surface area contributed by atoms with Crippen molar-refractivity contribution >= 4 is 0 Å². The fraction of sp³-hybridized carbons (Fsp3) is 0.267. The average molecular weight is 403 g/mol. The molecule has 2 rings (SSSR count). The van der Waals surface area contributed by atoms with Crippen LogP contribution in [0.15, 0.2) is 42.6 Å². The van der Waals surface area contributed by atoms with Crippen molar-refractivity contribution < 1.29 is 20.1 Å². The molecule has 0 saturated heterocycles. The maximum atomic E-state index is 4.39. The molecule has 2 heteroatoms. The van der Waals surface area contributed by atoms with Crippen LogP contribution in [0.1, 0.15) is 19.4 Å². The van der Waals surface area contributed by atoms with Crippen LogP contribution in [0.25, 0.3) is 11.3 Å². The number of hydrogen-bond acceptors (Lipinski definition) is 1. The quantitative estimate of drug-likeness (QED) is 0.713. The molecule has 91 valence electrons. The van der Waals surface area contributed by atoms with Gasteiger partial charge in [0.15, 0.2) is 0 Å². The van der Waals surface area contributed by atoms with Gasteiger partial charge < -0.3 is 4.98 Å². The zero-order valence-corrected chi connectivity index (χ0v) is 12.5. The summed E-state index contributed by atoms with van der Waals surface area (Å²) < 4.78 is 0. The maximum Gasteiger partial charge on any atom is 0.0163 e. The third kappa shape index (κ3) is 4.07. The van der Waals surface area contributed by atoms with E-state index in [9.17, 15) is 0 Å². The van der Waals surface area contributed by atoms with Gasteiger partial charge in [-0.25, -0.2) is 0 Å². The van der Waals surface area contributed by atoms with Crippen molar-refractivity contribution in [3.05, 3.63) is 54.2 Å². The number of rotatable bonds is 3. The molecule has 0 spiro atoms. The molecule has 0 aliphatic carbocycles. The molecule has 1 radical (unpaired) electrons. The summed E-state index contributed by atoms with van der Waals surface area (Å²) in [7, 11) is 0. The van der Waals surface area contributed by atoms with E-state index in [2.05, 4.69) is 37.0 Å². The van der Waals surface area contributed by atoms with Crippen molar-refractivity contribution in [1.82, 2.24) is 4.98 Å². The van der Waals surface area contributed by atoms with Gasteiger partial charge in [-0.3, -0.25) is 0 Å². The van der Waals surface area contributed by atoms with Crippen molar-refractivity contribution in [3.8, 4) is 11.3 Å². The molecule has 17 heavy (non-hydrogen) atoms. The van der Waals surface area contributed by atoms with Gasteiger partial charge in [0.25, 0.3) is 0 Å². The molecule has 0 atom stereocenters. The van der Waals surface area contributed by atoms with E-state index in [1.165, 1.54) is 5.56 Å². The zero-order chi connectivity index (χ0) is 11.4. The van der Waals surface area contributed by atoms with Crippen molar-refractivity contribution in [2.24, 2.45) is 5.92 Å². The fourth-order valence-corrected chi connectivity index (χ4v) is 1.77. The van der Waals surface area contributed by atoms with Crippen molar-refractivity contribution in [2.45, 2.75) is 20.3 Å². The Kier molecular flexibility index (Phi) is 5.53. The van der Waals surface area contributed by atoms with Crippen LogP contribution in [-0.2, 0) is 26.5 Å². The van der Waals surface area contributed by atoms with E-state index < -0.39 is 0 Å². The van der Waals surface area contributed by atoms with Gasteiger partial charge in [-0.2, -0.15) is 0 Å². The second kappa shape index (κ2) is 6.68. The Morgan fingerprint density at radius 1 is 1.24 bits per heavy atom. The first-order valence-corrected chi connectivity index (χ1v) is 5.68. The van der Waals surface area contributed by atoms with Gasteiger partial charge in [0.2, 0.25) is 0 Å². The molecule has 0 aliphatic rings. The fourth-order valence-electron chi connectivity index (χ4n) is 1.77. The second-order valence-electron chi connectivity index (χ2n) is 4.42. The average Bonchev–Trinajstić information content (AvgIpc) is 2.30. The van der Waals surface area contributed by atoms with E-state index in [0.717, 1.165) is 17.7 Å². The third-order valence-corrected chi connectivity index (χ3v) is 2.45. The first-order valence-electron chi connectivity index (χ1n) is 5.68. The van der Waals surface area contributed by atoms with Gasteiger partial charge in [0.1, 0.15) is 0 Å². The minimum Gasteiger partial charge on any atom is -0.305 e. The smallest absolute Gasteiger partial charge is 0.0163 e. The van der Waals surface area contributed by atoms with Crippen molar-refractivity contribution in [2.75, 3.05) is 0 Å². The van der Waals surface area contributed by atoms with Crippen molar-refractivity contribution in [1.29, 1.82) is 0 Å². The third-order valence-electron chi connectivity index (χ3n) is 2.45. The molecular formula is C15H16IrN-. The Balaban J connectivity index is 0.00000144. The Morgan fingerprint density at radius 2 is 2.06 bits per heavy atom. The predicted molar refractivity (Wildman–Crippen MR) is 67.1 cm³/mol. The summed E-state index contributed by atoms with van der Waals surface area (Å²) in [6.45, 7) is 4.46. The minimum atomic E-state index is 0. The Bertz CT molecular complexity index is 451. The zero-order valence-electron chi connectivity index (χ0n) is 10.1. The summed E-state index contributed by atoms with van der Waals surface area (Å²) >= 11 is 0. The molecule has 0 fully saturated rings. The van der Waals surface area contributed by atoms with Gasteiger partial charge in [-0.1, -0.05) is 25.5 Å². The van der Waals surface area contributed by atoms with Gasteiger partial charge in [0.05, 0.1) is 0 Å². The van der Waals surface area contributed by atoms with Crippen LogP contribution in [0.4, 0.5) is 0 Å². The van der Waals surface area contributed by atoms with E-state index in [4.69, 9.17) is 0 Å². The largest absolute Gasteiger partial charge is 0.305 e. The first kappa shape index (κ1) is 14.1. The van der Waals surface area contributed by atoms with E-state index >= 15 is 0 Å². The number of hydrogen-bond donors (Lipinski definition) is 0. The van der Waals surface area contributed by atoms with Crippen LogP contribution in [0.3, 0.4) is 0 Å². The molecular weight excluding hydrogens is 386 g/mol. The number of benzene rings is 1. The molecule has 0 amide bonds. The van der Waals surface area contributed by atoms with E-state index in [0.29, 0.717) is 5.92 Å². The van der Waals surface area contributed by atoms with E-state index in [1.807, 2.05) is 30.5 Å². The Hall–Kier alpha value is -0.981. The Labute approximate surface area is 117 Å². The van der Waals surface area contributed by atoms with E-state index in [1.54, 1.807) is 0 Å². The van der Waals surface area contributed by atoms with Crippen LogP contribution in [-0.4, -0.2) is 4.98 Å². The summed E-state index contributed by atoms with van der Waals surface area (Å²) in [5, 5.41) is 0. The van der Waals surface area contributed by atoms with Crippen LogP contribution in [0.2, 0.25) is 0 Å². The normalized spacial score (nSPS) is 10.1. The molecule has 0 bridgehead atoms. The molecule has 1 aromatic carbocycles. The molecule has 0 saturated carbocycles. The standard InChI is InChI=1S/C15H16N.Ir/c1-12(2)10-13-8-9-16-15(11-13)14-6-4-3-5-7-14;/h3-6,8-9,11-12H,10H2,1-2H3;/q-1;. The van der Waals surface area contributed by atoms with Gasteiger partial charge in [-0.15, -0.1) is 35.9 Å². The molecule has 1 nitrogen and oxygen atoms in total. The molecule has 2 aromatic rings. The molecule has 0 aliphatic heterocycles. The number of aromatic nitrogens is 1. The van der Waals surface area contributed by atoms with Gasteiger partial charge in [-0.05, 0) is 24.1 Å². The second-order valence-corrected chi connectivity index (χ2v) is 4.42. The van der Waals surface area contributed by atoms with Crippen LogP contribution in [0, 0.1) is 12.0 Å². The molecule has 1 aromatic heterocycles. The summed E-state index contributed by atoms with van der Waals surface area (Å²) in [6, 6.07) is 15.4. The molecule has 0 unspecified atom stereocenters. The first-order chi connectivity index (χ1) is 7.75. The topological polar surface area (TPSA) is 12.9 Å². The summed E-state index contributed by atoms with van der Waals surface area (Å²) in [5.74, 6) is 0.676. The minimum absolute atomic E-state index is 0. The van der Waals surface area contributed by atoms with Crippen LogP contribution >= 0.6 is 0 Å². The van der Waals surface area contributed by atoms with Crippen molar-refractivity contribution in [3.63, 3.8) is 0 Å². The number of pyridine rings is 1. The monoisotopic (exact) mass is 403 g/mol. The van der Waals surface area contributed by atoms with E-state index in [-0.39, 0.29) is 20.1 Å². The summed E-state index contributed by atoms with van der Waals surface area (Å²) in [4.78, 5) is 4.39. The summed E-state index contributed by atoms with van der Waals surface area (Å²) in [5.41, 5.74) is 3.42. The van der Waals surface area contributed by atoms with Crippen LogP contribution < -0.4 is 0 Å². The van der Waals surface area contributed by atoms with Crippen LogP contribution in [0.5, 0.6) is 0 Å². The Morgan fingerprint density at radius 3 is 2.71 bits per heavy atom. The molecule has 1 heterocycles.